The molecule has 2 aliphatic heterocycles. The van der Waals surface area contributed by atoms with E-state index >= 15 is 0 Å². The second-order valence-corrected chi connectivity index (χ2v) is 17.5. The summed E-state index contributed by atoms with van der Waals surface area (Å²) in [6, 6.07) is 80.2. The van der Waals surface area contributed by atoms with Gasteiger partial charge in [0, 0.05) is 32.2 Å². The molecule has 0 fully saturated rings. The number of aromatic nitrogens is 2. The van der Waals surface area contributed by atoms with E-state index in [0.29, 0.717) is 5.82 Å². The summed E-state index contributed by atoms with van der Waals surface area (Å²) in [5.41, 5.74) is 17.6. The van der Waals surface area contributed by atoms with Gasteiger partial charge in [-0.05, 0) is 99.1 Å². The fraction of sp³-hybridized carbons (Fsp3) is 0.0169. The summed E-state index contributed by atoms with van der Waals surface area (Å²) in [4.78, 5) is 15.2. The minimum atomic E-state index is -0.462. The van der Waals surface area contributed by atoms with Crippen molar-refractivity contribution in [3.63, 3.8) is 0 Å². The fourth-order valence-electron chi connectivity index (χ4n) is 10.2. The SMILES string of the molecule is c1ccc(-c2nc(-c3ccc(-c4cccc5c4C4(c6ccccc6Sc6ccccc64)c4ccccc4-5)cc3)cc(-c3ccc(N4c5ccccc5Oc5ccccc54)cc3)n2)cc1. The van der Waals surface area contributed by atoms with E-state index in [2.05, 4.69) is 175 Å². The van der Waals surface area contributed by atoms with E-state index in [-0.39, 0.29) is 0 Å². The van der Waals surface area contributed by atoms with Crippen LogP contribution in [0, 0.1) is 0 Å². The van der Waals surface area contributed by atoms with E-state index in [1.807, 2.05) is 66.4 Å². The van der Waals surface area contributed by atoms with Gasteiger partial charge in [0.25, 0.3) is 0 Å². The monoisotopic (exact) mass is 835 g/mol. The van der Waals surface area contributed by atoms with Crippen molar-refractivity contribution in [2.45, 2.75) is 15.2 Å². The maximum Gasteiger partial charge on any atom is 0.160 e. The molecule has 1 aromatic heterocycles. The smallest absolute Gasteiger partial charge is 0.160 e. The van der Waals surface area contributed by atoms with Gasteiger partial charge in [-0.1, -0.05) is 182 Å². The summed E-state index contributed by atoms with van der Waals surface area (Å²) < 4.78 is 6.29. The van der Waals surface area contributed by atoms with Crippen molar-refractivity contribution in [3.8, 4) is 67.7 Å². The zero-order chi connectivity index (χ0) is 42.2. The number of nitrogens with zero attached hydrogens (tertiary/aromatic N) is 3. The van der Waals surface area contributed by atoms with Crippen LogP contribution >= 0.6 is 11.8 Å². The highest BCUT2D eigenvalue weighted by Gasteiger charge is 2.51. The van der Waals surface area contributed by atoms with Gasteiger partial charge in [0.1, 0.15) is 0 Å². The molecule has 1 spiro atoms. The summed E-state index contributed by atoms with van der Waals surface area (Å²) in [5, 5.41) is 0. The second kappa shape index (κ2) is 14.6. The molecule has 1 aliphatic carbocycles. The molecule has 0 N–H and O–H groups in total. The Balaban J connectivity index is 0.921. The molecule has 0 bridgehead atoms. The minimum Gasteiger partial charge on any atom is -0.453 e. The van der Waals surface area contributed by atoms with E-state index < -0.39 is 5.41 Å². The summed E-state index contributed by atoms with van der Waals surface area (Å²) in [6.07, 6.45) is 0. The van der Waals surface area contributed by atoms with Crippen molar-refractivity contribution in [1.29, 1.82) is 0 Å². The van der Waals surface area contributed by atoms with Crippen LogP contribution in [-0.2, 0) is 5.41 Å². The van der Waals surface area contributed by atoms with Gasteiger partial charge in [0.2, 0.25) is 0 Å². The maximum absolute atomic E-state index is 6.29. The second-order valence-electron chi connectivity index (χ2n) is 16.4. The predicted octanol–water partition coefficient (Wildman–Crippen LogP) is 15.5. The van der Waals surface area contributed by atoms with E-state index in [9.17, 15) is 0 Å². The van der Waals surface area contributed by atoms with Crippen LogP contribution in [0.1, 0.15) is 22.3 Å². The highest BCUT2D eigenvalue weighted by molar-refractivity contribution is 7.99. The van der Waals surface area contributed by atoms with E-state index in [4.69, 9.17) is 14.7 Å². The molecule has 4 nitrogen and oxygen atoms in total. The first kappa shape index (κ1) is 36.6. The molecule has 0 unspecified atom stereocenters. The lowest BCUT2D eigenvalue weighted by Crippen LogP contribution is -2.32. The van der Waals surface area contributed by atoms with Gasteiger partial charge < -0.3 is 9.64 Å². The first-order chi connectivity index (χ1) is 31.7. The highest BCUT2D eigenvalue weighted by Crippen LogP contribution is 2.64. The molecule has 13 rings (SSSR count). The molecule has 5 heteroatoms. The molecule has 9 aromatic carbocycles. The molecule has 3 aliphatic rings. The Morgan fingerprint density at radius 2 is 0.891 bits per heavy atom. The summed E-state index contributed by atoms with van der Waals surface area (Å²) >= 11 is 1.88. The zero-order valence-corrected chi connectivity index (χ0v) is 35.3. The third-order valence-corrected chi connectivity index (χ3v) is 14.1. The number of hydrogen-bond donors (Lipinski definition) is 0. The van der Waals surface area contributed by atoms with Gasteiger partial charge in [-0.15, -0.1) is 0 Å². The molecule has 10 aromatic rings. The van der Waals surface area contributed by atoms with Crippen LogP contribution < -0.4 is 9.64 Å². The Kier molecular flexibility index (Phi) is 8.33. The molecule has 0 radical (unpaired) electrons. The van der Waals surface area contributed by atoms with Crippen molar-refractivity contribution in [2.75, 3.05) is 4.90 Å². The van der Waals surface area contributed by atoms with Crippen molar-refractivity contribution in [1.82, 2.24) is 9.97 Å². The number of hydrogen-bond acceptors (Lipinski definition) is 5. The molecular formula is C59H37N3OS. The van der Waals surface area contributed by atoms with Gasteiger partial charge >= 0.3 is 0 Å². The van der Waals surface area contributed by atoms with Gasteiger partial charge in [0.05, 0.1) is 28.2 Å². The van der Waals surface area contributed by atoms with Crippen LogP contribution in [0.4, 0.5) is 17.1 Å². The topological polar surface area (TPSA) is 38.2 Å². The van der Waals surface area contributed by atoms with Crippen LogP contribution in [0.25, 0.3) is 56.2 Å². The minimum absolute atomic E-state index is 0.462. The number of rotatable bonds is 5. The van der Waals surface area contributed by atoms with E-state index in [1.165, 1.54) is 54.3 Å². The fourth-order valence-corrected chi connectivity index (χ4v) is 11.4. The highest BCUT2D eigenvalue weighted by atomic mass is 32.2. The standard InChI is InChI=1S/C59H37N3OS/c1-2-15-41(16-3-1)58-60-49(37-50(61-58)40-33-35-42(36-34-40)62-51-23-8-10-25-53(51)63-54-26-11-9-24-52(54)62)39-31-29-38(30-32-39)43-18-14-19-45-44-17-4-5-20-46(44)59(57(43)45)47-21-6-12-27-55(47)64-56-28-13-7-22-48(56)59/h1-37H. The molecule has 3 heterocycles. The first-order valence-corrected chi connectivity index (χ1v) is 22.5. The Morgan fingerprint density at radius 1 is 0.391 bits per heavy atom. The summed E-state index contributed by atoms with van der Waals surface area (Å²) in [7, 11) is 0. The number of anilines is 3. The number of fused-ring (bicyclic) bond motifs is 11. The first-order valence-electron chi connectivity index (χ1n) is 21.6. The molecule has 0 saturated heterocycles. The number of para-hydroxylation sites is 4. The molecule has 0 amide bonds. The Bertz CT molecular complexity index is 3360. The van der Waals surface area contributed by atoms with Crippen LogP contribution in [0.3, 0.4) is 0 Å². The molecule has 0 saturated carbocycles. The lowest BCUT2D eigenvalue weighted by molar-refractivity contribution is 0.477. The summed E-state index contributed by atoms with van der Waals surface area (Å²) in [6.45, 7) is 0. The van der Waals surface area contributed by atoms with Crippen LogP contribution in [0.15, 0.2) is 234 Å². The third-order valence-electron chi connectivity index (χ3n) is 13.0. The molecule has 0 atom stereocenters. The van der Waals surface area contributed by atoms with Crippen molar-refractivity contribution in [2.24, 2.45) is 0 Å². The normalized spacial score (nSPS) is 13.5. The lowest BCUT2D eigenvalue weighted by Gasteiger charge is -2.40. The van der Waals surface area contributed by atoms with Crippen LogP contribution in [-0.4, -0.2) is 9.97 Å². The van der Waals surface area contributed by atoms with Crippen LogP contribution in [0.2, 0.25) is 0 Å². The van der Waals surface area contributed by atoms with Gasteiger partial charge in [-0.3, -0.25) is 0 Å². The predicted molar refractivity (Wildman–Crippen MR) is 260 cm³/mol. The van der Waals surface area contributed by atoms with Crippen LogP contribution in [0.5, 0.6) is 11.5 Å². The van der Waals surface area contributed by atoms with Gasteiger partial charge in [-0.25, -0.2) is 9.97 Å². The molecule has 300 valence electrons. The number of ether oxygens (including phenoxy) is 1. The van der Waals surface area contributed by atoms with Gasteiger partial charge in [0.15, 0.2) is 17.3 Å². The zero-order valence-electron chi connectivity index (χ0n) is 34.5. The maximum atomic E-state index is 6.29. The lowest BCUT2D eigenvalue weighted by atomic mass is 9.66. The van der Waals surface area contributed by atoms with Crippen molar-refractivity contribution in [3.05, 3.63) is 247 Å². The molecular weight excluding hydrogens is 799 g/mol. The van der Waals surface area contributed by atoms with E-state index in [1.54, 1.807) is 0 Å². The van der Waals surface area contributed by atoms with Crippen molar-refractivity contribution < 1.29 is 4.74 Å². The summed E-state index contributed by atoms with van der Waals surface area (Å²) in [5.74, 6) is 2.34. The van der Waals surface area contributed by atoms with Gasteiger partial charge in [-0.2, -0.15) is 0 Å². The largest absolute Gasteiger partial charge is 0.453 e. The average Bonchev–Trinajstić information content (AvgIpc) is 3.66. The average molecular weight is 836 g/mol. The Hall–Kier alpha value is -7.99. The Morgan fingerprint density at radius 3 is 1.55 bits per heavy atom. The quantitative estimate of drug-likeness (QED) is 0.173. The van der Waals surface area contributed by atoms with Crippen molar-refractivity contribution >= 4 is 28.8 Å². The Labute approximate surface area is 376 Å². The third kappa shape index (κ3) is 5.57. The molecule has 64 heavy (non-hydrogen) atoms. The van der Waals surface area contributed by atoms with E-state index in [0.717, 1.165) is 56.6 Å². The number of benzene rings is 9.